The smallest absolute Gasteiger partial charge is 0.251 e. The van der Waals surface area contributed by atoms with Crippen LogP contribution in [0, 0.1) is 5.92 Å². The maximum absolute atomic E-state index is 12.0. The van der Waals surface area contributed by atoms with Gasteiger partial charge in [0.15, 0.2) is 0 Å². The first kappa shape index (κ1) is 14.5. The molecule has 2 unspecified atom stereocenters. The van der Waals surface area contributed by atoms with Crippen LogP contribution in [-0.4, -0.2) is 47.6 Å². The molecule has 2 atom stereocenters. The lowest BCUT2D eigenvalue weighted by atomic mass is 9.96. The van der Waals surface area contributed by atoms with Crippen LogP contribution in [0.1, 0.15) is 23.7 Å². The van der Waals surface area contributed by atoms with Crippen molar-refractivity contribution in [3.05, 3.63) is 35.9 Å². The SMILES string of the molecule is CC1CCN(C(=O)CNC(=O)c2ccccc2)CC1O. The molecule has 5 heteroatoms. The van der Waals surface area contributed by atoms with E-state index in [9.17, 15) is 14.7 Å². The van der Waals surface area contributed by atoms with Gasteiger partial charge in [0.25, 0.3) is 5.91 Å². The number of hydrogen-bond acceptors (Lipinski definition) is 3. The van der Waals surface area contributed by atoms with Gasteiger partial charge in [-0.2, -0.15) is 0 Å². The highest BCUT2D eigenvalue weighted by Gasteiger charge is 2.27. The lowest BCUT2D eigenvalue weighted by molar-refractivity contribution is -0.134. The van der Waals surface area contributed by atoms with Crippen LogP contribution in [0.5, 0.6) is 0 Å². The number of β-amino-alcohol motifs (C(OH)–C–C–N with tert-alkyl or cyclic N) is 1. The molecule has 1 aliphatic heterocycles. The first-order valence-corrected chi connectivity index (χ1v) is 6.87. The Hall–Kier alpha value is -1.88. The summed E-state index contributed by atoms with van der Waals surface area (Å²) in [6, 6.07) is 8.79. The molecular formula is C15H20N2O3. The maximum atomic E-state index is 12.0. The highest BCUT2D eigenvalue weighted by atomic mass is 16.3. The fourth-order valence-electron chi connectivity index (χ4n) is 2.23. The summed E-state index contributed by atoms with van der Waals surface area (Å²) in [6.45, 7) is 2.93. The molecule has 1 aliphatic rings. The van der Waals surface area contributed by atoms with E-state index in [4.69, 9.17) is 0 Å². The molecule has 1 fully saturated rings. The van der Waals surface area contributed by atoms with Gasteiger partial charge in [-0.3, -0.25) is 9.59 Å². The van der Waals surface area contributed by atoms with Gasteiger partial charge in [0.2, 0.25) is 5.91 Å². The Bertz CT molecular complexity index is 475. The number of piperidine rings is 1. The van der Waals surface area contributed by atoms with Crippen LogP contribution in [-0.2, 0) is 4.79 Å². The molecule has 2 N–H and O–H groups in total. The molecule has 0 aromatic heterocycles. The molecule has 1 aromatic carbocycles. The molecule has 1 saturated heterocycles. The molecule has 0 bridgehead atoms. The number of nitrogens with zero attached hydrogens (tertiary/aromatic N) is 1. The van der Waals surface area contributed by atoms with Crippen molar-refractivity contribution in [1.82, 2.24) is 10.2 Å². The summed E-state index contributed by atoms with van der Waals surface area (Å²) in [4.78, 5) is 25.4. The molecule has 2 amide bonds. The van der Waals surface area contributed by atoms with Gasteiger partial charge in [-0.25, -0.2) is 0 Å². The van der Waals surface area contributed by atoms with Crippen LogP contribution in [0.25, 0.3) is 0 Å². The average molecular weight is 276 g/mol. The van der Waals surface area contributed by atoms with Crippen molar-refractivity contribution in [2.75, 3.05) is 19.6 Å². The van der Waals surface area contributed by atoms with E-state index in [0.717, 1.165) is 6.42 Å². The summed E-state index contributed by atoms with van der Waals surface area (Å²) in [7, 11) is 0. The van der Waals surface area contributed by atoms with Gasteiger partial charge >= 0.3 is 0 Å². The van der Waals surface area contributed by atoms with Crippen molar-refractivity contribution in [3.8, 4) is 0 Å². The topological polar surface area (TPSA) is 69.6 Å². The zero-order valence-electron chi connectivity index (χ0n) is 11.6. The highest BCUT2D eigenvalue weighted by Crippen LogP contribution is 2.16. The maximum Gasteiger partial charge on any atom is 0.251 e. The van der Waals surface area contributed by atoms with Crippen molar-refractivity contribution in [2.45, 2.75) is 19.4 Å². The highest BCUT2D eigenvalue weighted by molar-refractivity contribution is 5.96. The number of benzene rings is 1. The molecule has 0 radical (unpaired) electrons. The van der Waals surface area contributed by atoms with Gasteiger partial charge < -0.3 is 15.3 Å². The number of carbonyl (C=O) groups is 2. The predicted octanol–water partition coefficient (Wildman–Crippen LogP) is 0.646. The van der Waals surface area contributed by atoms with Crippen LogP contribution in [0.4, 0.5) is 0 Å². The summed E-state index contributed by atoms with van der Waals surface area (Å²) >= 11 is 0. The number of amides is 2. The fraction of sp³-hybridized carbons (Fsp3) is 0.467. The monoisotopic (exact) mass is 276 g/mol. The second kappa shape index (κ2) is 6.52. The minimum atomic E-state index is -0.475. The van der Waals surface area contributed by atoms with E-state index in [1.54, 1.807) is 29.2 Å². The van der Waals surface area contributed by atoms with Crippen molar-refractivity contribution >= 4 is 11.8 Å². The standard InChI is InChI=1S/C15H20N2O3/c1-11-7-8-17(10-13(11)18)14(19)9-16-15(20)12-5-3-2-4-6-12/h2-6,11,13,18H,7-10H2,1H3,(H,16,20). The minimum absolute atomic E-state index is 0.0329. The zero-order valence-corrected chi connectivity index (χ0v) is 11.6. The predicted molar refractivity (Wildman–Crippen MR) is 75.1 cm³/mol. The van der Waals surface area contributed by atoms with E-state index >= 15 is 0 Å². The van der Waals surface area contributed by atoms with Crippen molar-refractivity contribution < 1.29 is 14.7 Å². The molecule has 0 spiro atoms. The van der Waals surface area contributed by atoms with Crippen molar-refractivity contribution in [2.24, 2.45) is 5.92 Å². The van der Waals surface area contributed by atoms with E-state index < -0.39 is 6.10 Å². The Morgan fingerprint density at radius 3 is 2.70 bits per heavy atom. The molecular weight excluding hydrogens is 256 g/mol. The van der Waals surface area contributed by atoms with Crippen LogP contribution >= 0.6 is 0 Å². The van der Waals surface area contributed by atoms with E-state index in [1.807, 2.05) is 13.0 Å². The molecule has 1 aromatic rings. The number of rotatable bonds is 3. The van der Waals surface area contributed by atoms with Crippen LogP contribution < -0.4 is 5.32 Å². The van der Waals surface area contributed by atoms with Gasteiger partial charge in [0.1, 0.15) is 0 Å². The number of nitrogens with one attached hydrogen (secondary N) is 1. The van der Waals surface area contributed by atoms with Crippen LogP contribution in [0.3, 0.4) is 0 Å². The van der Waals surface area contributed by atoms with Gasteiger partial charge in [-0.15, -0.1) is 0 Å². The summed E-state index contributed by atoms with van der Waals surface area (Å²) in [5.41, 5.74) is 0.535. The lowest BCUT2D eigenvalue weighted by Gasteiger charge is -2.34. The van der Waals surface area contributed by atoms with Gasteiger partial charge in [0.05, 0.1) is 12.6 Å². The third kappa shape index (κ3) is 3.57. The summed E-state index contributed by atoms with van der Waals surface area (Å²) in [6.07, 6.45) is 0.317. The Morgan fingerprint density at radius 2 is 2.05 bits per heavy atom. The first-order valence-electron chi connectivity index (χ1n) is 6.87. The number of carbonyl (C=O) groups excluding carboxylic acids is 2. The van der Waals surface area contributed by atoms with Crippen molar-refractivity contribution in [3.63, 3.8) is 0 Å². The number of hydrogen-bond donors (Lipinski definition) is 2. The summed E-state index contributed by atoms with van der Waals surface area (Å²) < 4.78 is 0. The van der Waals surface area contributed by atoms with E-state index in [2.05, 4.69) is 5.32 Å². The van der Waals surface area contributed by atoms with Gasteiger partial charge in [0, 0.05) is 18.7 Å². The Labute approximate surface area is 118 Å². The Morgan fingerprint density at radius 1 is 1.35 bits per heavy atom. The second-order valence-corrected chi connectivity index (χ2v) is 5.22. The molecule has 5 nitrogen and oxygen atoms in total. The average Bonchev–Trinajstić information content (AvgIpc) is 2.48. The minimum Gasteiger partial charge on any atom is -0.391 e. The van der Waals surface area contributed by atoms with Crippen LogP contribution in [0.15, 0.2) is 30.3 Å². The first-order chi connectivity index (χ1) is 9.58. The Kier molecular flexibility index (Phi) is 4.74. The third-order valence-corrected chi connectivity index (χ3v) is 3.71. The summed E-state index contributed by atoms with van der Waals surface area (Å²) in [5.74, 6) is -0.192. The van der Waals surface area contributed by atoms with E-state index in [-0.39, 0.29) is 24.3 Å². The van der Waals surface area contributed by atoms with Gasteiger partial charge in [-0.1, -0.05) is 25.1 Å². The molecule has 20 heavy (non-hydrogen) atoms. The van der Waals surface area contributed by atoms with Crippen LogP contribution in [0.2, 0.25) is 0 Å². The lowest BCUT2D eigenvalue weighted by Crippen LogP contribution is -2.49. The molecule has 108 valence electrons. The Balaban J connectivity index is 1.82. The number of aliphatic hydroxyl groups is 1. The normalized spacial score (nSPS) is 22.4. The second-order valence-electron chi connectivity index (χ2n) is 5.22. The van der Waals surface area contributed by atoms with E-state index in [0.29, 0.717) is 18.7 Å². The molecule has 2 rings (SSSR count). The van der Waals surface area contributed by atoms with Crippen molar-refractivity contribution in [1.29, 1.82) is 0 Å². The molecule has 0 aliphatic carbocycles. The quantitative estimate of drug-likeness (QED) is 0.851. The molecule has 0 saturated carbocycles. The zero-order chi connectivity index (χ0) is 14.5. The number of aliphatic hydroxyl groups excluding tert-OH is 1. The third-order valence-electron chi connectivity index (χ3n) is 3.71. The fourth-order valence-corrected chi connectivity index (χ4v) is 2.23. The van der Waals surface area contributed by atoms with Gasteiger partial charge in [-0.05, 0) is 24.5 Å². The molecule has 1 heterocycles. The number of likely N-dealkylation sites (tertiary alicyclic amines) is 1. The summed E-state index contributed by atoms with van der Waals surface area (Å²) in [5, 5.41) is 12.4. The largest absolute Gasteiger partial charge is 0.391 e. The van der Waals surface area contributed by atoms with E-state index in [1.165, 1.54) is 0 Å².